The molecule has 0 aliphatic heterocycles. The molecule has 2 aromatic rings. The van der Waals surface area contributed by atoms with Crippen LogP contribution in [0, 0.1) is 0 Å². The normalized spacial score (nSPS) is 10.4. The van der Waals surface area contributed by atoms with Gasteiger partial charge in [-0.3, -0.25) is 0 Å². The van der Waals surface area contributed by atoms with Crippen LogP contribution >= 0.6 is 11.6 Å². The lowest BCUT2D eigenvalue weighted by Gasteiger charge is -2.01. The number of hydrogen-bond donors (Lipinski definition) is 1. The van der Waals surface area contributed by atoms with Gasteiger partial charge in [-0.05, 0) is 18.1 Å². The molecule has 0 aliphatic carbocycles. The number of halogens is 1. The zero-order valence-electron chi connectivity index (χ0n) is 7.70. The van der Waals surface area contributed by atoms with Gasteiger partial charge < -0.3 is 4.98 Å². The summed E-state index contributed by atoms with van der Waals surface area (Å²) in [5.41, 5.74) is 1.17. The summed E-state index contributed by atoms with van der Waals surface area (Å²) in [7, 11) is 0. The minimum absolute atomic E-state index is 0.832. The second kappa shape index (κ2) is 4.29. The summed E-state index contributed by atoms with van der Waals surface area (Å²) >= 11 is 6.03. The van der Waals surface area contributed by atoms with E-state index in [0.717, 1.165) is 23.7 Å². The molecule has 1 N–H and O–H groups in total. The van der Waals surface area contributed by atoms with Gasteiger partial charge in [0.05, 0.1) is 0 Å². The lowest BCUT2D eigenvalue weighted by atomic mass is 10.1. The summed E-state index contributed by atoms with van der Waals surface area (Å²) in [6.45, 7) is 0. The van der Waals surface area contributed by atoms with E-state index < -0.39 is 0 Å². The standard InChI is InChI=1S/C11H11ClN2/c12-10-4-2-1-3-9(10)5-6-11-13-7-8-14-11/h1-4,7-8H,5-6H2,(H,13,14). The summed E-state index contributed by atoms with van der Waals surface area (Å²) in [5, 5.41) is 0.832. The molecule has 0 aliphatic rings. The third-order valence-corrected chi connectivity index (χ3v) is 2.51. The molecule has 2 nitrogen and oxygen atoms in total. The van der Waals surface area contributed by atoms with Gasteiger partial charge in [0.1, 0.15) is 5.82 Å². The van der Waals surface area contributed by atoms with Crippen LogP contribution in [0.15, 0.2) is 36.7 Å². The van der Waals surface area contributed by atoms with Gasteiger partial charge >= 0.3 is 0 Å². The number of aryl methyl sites for hydroxylation is 2. The van der Waals surface area contributed by atoms with Crippen molar-refractivity contribution in [1.82, 2.24) is 9.97 Å². The van der Waals surface area contributed by atoms with E-state index in [-0.39, 0.29) is 0 Å². The third kappa shape index (κ3) is 2.15. The fourth-order valence-corrected chi connectivity index (χ4v) is 1.62. The average Bonchev–Trinajstić information content (AvgIpc) is 2.69. The highest BCUT2D eigenvalue weighted by Gasteiger charge is 2.00. The molecular formula is C11H11ClN2. The molecular weight excluding hydrogens is 196 g/mol. The Morgan fingerprint density at radius 1 is 1.21 bits per heavy atom. The van der Waals surface area contributed by atoms with E-state index in [2.05, 4.69) is 9.97 Å². The third-order valence-electron chi connectivity index (χ3n) is 2.14. The predicted molar refractivity (Wildman–Crippen MR) is 57.4 cm³/mol. The van der Waals surface area contributed by atoms with Crippen LogP contribution in [0.5, 0.6) is 0 Å². The lowest BCUT2D eigenvalue weighted by Crippen LogP contribution is -1.93. The van der Waals surface area contributed by atoms with Crippen molar-refractivity contribution in [2.45, 2.75) is 12.8 Å². The second-order valence-corrected chi connectivity index (χ2v) is 3.53. The van der Waals surface area contributed by atoms with Crippen LogP contribution in [-0.4, -0.2) is 9.97 Å². The number of aromatic amines is 1. The number of benzene rings is 1. The summed E-state index contributed by atoms with van der Waals surface area (Å²) in [4.78, 5) is 7.23. The van der Waals surface area contributed by atoms with Crippen molar-refractivity contribution < 1.29 is 0 Å². The van der Waals surface area contributed by atoms with Crippen molar-refractivity contribution in [2.24, 2.45) is 0 Å². The first kappa shape index (κ1) is 9.28. The summed E-state index contributed by atoms with van der Waals surface area (Å²) in [6, 6.07) is 7.91. The van der Waals surface area contributed by atoms with Crippen molar-refractivity contribution in [1.29, 1.82) is 0 Å². The predicted octanol–water partition coefficient (Wildman–Crippen LogP) is 2.85. The maximum absolute atomic E-state index is 6.03. The molecule has 0 amide bonds. The number of nitrogens with zero attached hydrogens (tertiary/aromatic N) is 1. The highest BCUT2D eigenvalue weighted by Crippen LogP contribution is 2.16. The van der Waals surface area contributed by atoms with Gasteiger partial charge in [-0.15, -0.1) is 0 Å². The van der Waals surface area contributed by atoms with Crippen molar-refractivity contribution in [3.8, 4) is 0 Å². The van der Waals surface area contributed by atoms with Gasteiger partial charge in [0.2, 0.25) is 0 Å². The van der Waals surface area contributed by atoms with E-state index in [0.29, 0.717) is 0 Å². The number of imidazole rings is 1. The SMILES string of the molecule is Clc1ccccc1CCc1ncc[nH]1. The Hall–Kier alpha value is -1.28. The van der Waals surface area contributed by atoms with E-state index in [9.17, 15) is 0 Å². The second-order valence-electron chi connectivity index (χ2n) is 3.13. The Kier molecular flexibility index (Phi) is 2.84. The monoisotopic (exact) mass is 206 g/mol. The van der Waals surface area contributed by atoms with E-state index in [4.69, 9.17) is 11.6 Å². The van der Waals surface area contributed by atoms with Gasteiger partial charge in [0, 0.05) is 23.8 Å². The van der Waals surface area contributed by atoms with E-state index in [1.807, 2.05) is 30.5 Å². The first-order valence-electron chi connectivity index (χ1n) is 4.58. The molecule has 0 bridgehead atoms. The summed E-state index contributed by atoms with van der Waals surface area (Å²) in [6.07, 6.45) is 5.42. The van der Waals surface area contributed by atoms with Gasteiger partial charge in [-0.2, -0.15) is 0 Å². The Morgan fingerprint density at radius 2 is 2.07 bits per heavy atom. The first-order valence-corrected chi connectivity index (χ1v) is 4.96. The van der Waals surface area contributed by atoms with Crippen LogP contribution in [0.2, 0.25) is 5.02 Å². The molecule has 1 aromatic heterocycles. The first-order chi connectivity index (χ1) is 6.86. The Bertz CT molecular complexity index is 395. The average molecular weight is 207 g/mol. The molecule has 0 radical (unpaired) electrons. The number of nitrogens with one attached hydrogen (secondary N) is 1. The Balaban J connectivity index is 2.02. The minimum atomic E-state index is 0.832. The lowest BCUT2D eigenvalue weighted by molar-refractivity contribution is 0.884. The van der Waals surface area contributed by atoms with Crippen LogP contribution in [0.3, 0.4) is 0 Å². The number of aromatic nitrogens is 2. The van der Waals surface area contributed by atoms with E-state index >= 15 is 0 Å². The minimum Gasteiger partial charge on any atom is -0.349 e. The van der Waals surface area contributed by atoms with Crippen LogP contribution in [0.1, 0.15) is 11.4 Å². The van der Waals surface area contributed by atoms with E-state index in [1.54, 1.807) is 6.20 Å². The molecule has 2 rings (SSSR count). The quantitative estimate of drug-likeness (QED) is 0.822. The van der Waals surface area contributed by atoms with E-state index in [1.165, 1.54) is 5.56 Å². The smallest absolute Gasteiger partial charge is 0.106 e. The molecule has 0 unspecified atom stereocenters. The topological polar surface area (TPSA) is 28.7 Å². The molecule has 0 saturated heterocycles. The maximum atomic E-state index is 6.03. The zero-order valence-corrected chi connectivity index (χ0v) is 8.46. The van der Waals surface area contributed by atoms with Crippen LogP contribution in [0.4, 0.5) is 0 Å². The van der Waals surface area contributed by atoms with Crippen molar-refractivity contribution in [3.05, 3.63) is 53.1 Å². The molecule has 1 heterocycles. The highest BCUT2D eigenvalue weighted by molar-refractivity contribution is 6.31. The maximum Gasteiger partial charge on any atom is 0.106 e. The zero-order chi connectivity index (χ0) is 9.80. The van der Waals surface area contributed by atoms with Gasteiger partial charge in [0.25, 0.3) is 0 Å². The van der Waals surface area contributed by atoms with Gasteiger partial charge in [-0.1, -0.05) is 29.8 Å². The summed E-state index contributed by atoms with van der Waals surface area (Å²) < 4.78 is 0. The fourth-order valence-electron chi connectivity index (χ4n) is 1.39. The van der Waals surface area contributed by atoms with Crippen molar-refractivity contribution in [3.63, 3.8) is 0 Å². The van der Waals surface area contributed by atoms with Gasteiger partial charge in [-0.25, -0.2) is 4.98 Å². The molecule has 1 aromatic carbocycles. The Labute approximate surface area is 88.0 Å². The Morgan fingerprint density at radius 3 is 2.79 bits per heavy atom. The van der Waals surface area contributed by atoms with Crippen molar-refractivity contribution >= 4 is 11.6 Å². The number of H-pyrrole nitrogens is 1. The fraction of sp³-hybridized carbons (Fsp3) is 0.182. The van der Waals surface area contributed by atoms with Gasteiger partial charge in [0.15, 0.2) is 0 Å². The highest BCUT2D eigenvalue weighted by atomic mass is 35.5. The largest absolute Gasteiger partial charge is 0.349 e. The molecule has 0 atom stereocenters. The molecule has 0 saturated carbocycles. The van der Waals surface area contributed by atoms with Crippen LogP contribution in [-0.2, 0) is 12.8 Å². The van der Waals surface area contributed by atoms with Crippen LogP contribution in [0.25, 0.3) is 0 Å². The molecule has 0 fully saturated rings. The van der Waals surface area contributed by atoms with Crippen molar-refractivity contribution in [2.75, 3.05) is 0 Å². The number of hydrogen-bond acceptors (Lipinski definition) is 1. The molecule has 3 heteroatoms. The molecule has 0 spiro atoms. The molecule has 14 heavy (non-hydrogen) atoms. The molecule has 72 valence electrons. The van der Waals surface area contributed by atoms with Crippen LogP contribution < -0.4 is 0 Å². The summed E-state index contributed by atoms with van der Waals surface area (Å²) in [5.74, 6) is 1.00. The number of rotatable bonds is 3.